The number of piperazine rings is 1. The molecule has 3 saturated heterocycles. The van der Waals surface area contributed by atoms with Gasteiger partial charge in [-0.2, -0.15) is 0 Å². The Hall–Kier alpha value is -1.79. The van der Waals surface area contributed by atoms with Gasteiger partial charge in [0.15, 0.2) is 0 Å². The van der Waals surface area contributed by atoms with E-state index < -0.39 is 0 Å². The fourth-order valence-electron chi connectivity index (χ4n) is 5.50. The lowest BCUT2D eigenvalue weighted by Gasteiger charge is -2.39. The number of hydrogen-bond acceptors (Lipinski definition) is 5. The van der Waals surface area contributed by atoms with Crippen molar-refractivity contribution in [2.75, 3.05) is 68.8 Å². The average Bonchev–Trinajstić information content (AvgIpc) is 3.14. The van der Waals surface area contributed by atoms with Crippen molar-refractivity contribution in [2.24, 2.45) is 5.41 Å². The van der Waals surface area contributed by atoms with Gasteiger partial charge in [-0.05, 0) is 50.3 Å². The van der Waals surface area contributed by atoms with Crippen LogP contribution >= 0.6 is 0 Å². The van der Waals surface area contributed by atoms with Crippen LogP contribution in [0.5, 0.6) is 0 Å². The minimum atomic E-state index is -0.120. The Labute approximate surface area is 187 Å². The number of hydrogen-bond donors (Lipinski definition) is 1. The number of ether oxygens (including phenoxy) is 1. The molecule has 1 unspecified atom stereocenters. The van der Waals surface area contributed by atoms with Crippen molar-refractivity contribution >= 4 is 17.3 Å². The minimum Gasteiger partial charge on any atom is -0.378 e. The van der Waals surface area contributed by atoms with Crippen LogP contribution < -0.4 is 15.1 Å². The van der Waals surface area contributed by atoms with Gasteiger partial charge in [0, 0.05) is 51.9 Å². The lowest BCUT2D eigenvalue weighted by atomic mass is 9.79. The maximum Gasteiger partial charge on any atom is 0.226 e. The van der Waals surface area contributed by atoms with Gasteiger partial charge in [-0.3, -0.25) is 9.69 Å². The first-order chi connectivity index (χ1) is 15.0. The normalized spacial score (nSPS) is 24.5. The average molecular weight is 429 g/mol. The summed E-state index contributed by atoms with van der Waals surface area (Å²) in [6.45, 7) is 15.4. The molecule has 3 fully saturated rings. The highest BCUT2D eigenvalue weighted by Gasteiger charge is 2.43. The fraction of sp³-hybridized carbons (Fsp3) is 0.720. The molecule has 1 aromatic rings. The van der Waals surface area contributed by atoms with E-state index in [0.717, 1.165) is 84.7 Å². The number of amides is 1. The number of nitrogens with zero attached hydrogens (tertiary/aromatic N) is 3. The van der Waals surface area contributed by atoms with Gasteiger partial charge in [-0.25, -0.2) is 0 Å². The number of morpholine rings is 1. The van der Waals surface area contributed by atoms with Gasteiger partial charge in [-0.15, -0.1) is 0 Å². The van der Waals surface area contributed by atoms with Crippen LogP contribution in [-0.2, 0) is 9.53 Å². The van der Waals surface area contributed by atoms with Gasteiger partial charge < -0.3 is 19.9 Å². The van der Waals surface area contributed by atoms with Gasteiger partial charge in [0.25, 0.3) is 0 Å². The van der Waals surface area contributed by atoms with Crippen molar-refractivity contribution in [3.8, 4) is 0 Å². The summed E-state index contributed by atoms with van der Waals surface area (Å²) in [6, 6.07) is 7.22. The summed E-state index contributed by atoms with van der Waals surface area (Å²) < 4.78 is 5.57. The van der Waals surface area contributed by atoms with Crippen molar-refractivity contribution in [3.05, 3.63) is 23.8 Å². The van der Waals surface area contributed by atoms with E-state index in [2.05, 4.69) is 59.0 Å². The van der Waals surface area contributed by atoms with Gasteiger partial charge in [0.05, 0.1) is 30.0 Å². The molecule has 1 N–H and O–H groups in total. The first kappa shape index (κ1) is 22.4. The van der Waals surface area contributed by atoms with Gasteiger partial charge in [0.1, 0.15) is 0 Å². The van der Waals surface area contributed by atoms with E-state index in [1.165, 1.54) is 16.9 Å². The molecular formula is C25H40N4O2. The number of carbonyl (C=O) groups is 1. The monoisotopic (exact) mass is 428 g/mol. The van der Waals surface area contributed by atoms with Crippen molar-refractivity contribution in [3.63, 3.8) is 0 Å². The quantitative estimate of drug-likeness (QED) is 0.723. The molecule has 6 nitrogen and oxygen atoms in total. The zero-order valence-corrected chi connectivity index (χ0v) is 19.7. The third-order valence-corrected chi connectivity index (χ3v) is 7.80. The van der Waals surface area contributed by atoms with Crippen LogP contribution in [0.4, 0.5) is 11.4 Å². The molecule has 0 aromatic heterocycles. The predicted octanol–water partition coefficient (Wildman–Crippen LogP) is 3.04. The number of rotatable bonds is 7. The Balaban J connectivity index is 1.31. The van der Waals surface area contributed by atoms with Crippen LogP contribution in [0, 0.1) is 12.3 Å². The molecular weight excluding hydrogens is 388 g/mol. The third-order valence-electron chi connectivity index (χ3n) is 7.80. The molecule has 3 heterocycles. The van der Waals surface area contributed by atoms with Crippen LogP contribution in [0.25, 0.3) is 0 Å². The number of nitrogens with one attached hydrogen (secondary N) is 1. The SMILES string of the molecule is CCC1(CC)CC(CCN2CCN(c3ccc(C)cc3N3CCOCC3)CC2)NC1=O. The predicted molar refractivity (Wildman–Crippen MR) is 127 cm³/mol. The molecule has 1 aromatic carbocycles. The van der Waals surface area contributed by atoms with E-state index in [1.54, 1.807) is 0 Å². The molecule has 0 bridgehead atoms. The van der Waals surface area contributed by atoms with E-state index >= 15 is 0 Å². The van der Waals surface area contributed by atoms with E-state index in [1.807, 2.05) is 0 Å². The summed E-state index contributed by atoms with van der Waals surface area (Å²) in [5.41, 5.74) is 3.93. The number of anilines is 2. The van der Waals surface area contributed by atoms with E-state index in [4.69, 9.17) is 4.74 Å². The Morgan fingerprint density at radius 2 is 1.68 bits per heavy atom. The Kier molecular flexibility index (Phi) is 7.07. The van der Waals surface area contributed by atoms with Crippen LogP contribution in [0.2, 0.25) is 0 Å². The second-order valence-electron chi connectivity index (χ2n) is 9.57. The highest BCUT2D eigenvalue weighted by molar-refractivity contribution is 5.85. The topological polar surface area (TPSA) is 48.1 Å². The lowest BCUT2D eigenvalue weighted by molar-refractivity contribution is -0.128. The molecule has 4 rings (SSSR count). The Bertz CT molecular complexity index is 750. The third kappa shape index (κ3) is 4.85. The maximum absolute atomic E-state index is 12.5. The summed E-state index contributed by atoms with van der Waals surface area (Å²) in [6.07, 6.45) is 3.97. The second kappa shape index (κ2) is 9.78. The zero-order chi connectivity index (χ0) is 21.8. The summed E-state index contributed by atoms with van der Waals surface area (Å²) in [5.74, 6) is 0.280. The van der Waals surface area contributed by atoms with Gasteiger partial charge in [-0.1, -0.05) is 19.9 Å². The Morgan fingerprint density at radius 3 is 2.32 bits per heavy atom. The molecule has 3 aliphatic heterocycles. The molecule has 0 aliphatic carbocycles. The molecule has 0 saturated carbocycles. The van der Waals surface area contributed by atoms with Crippen LogP contribution in [-0.4, -0.2) is 75.9 Å². The van der Waals surface area contributed by atoms with E-state index in [9.17, 15) is 4.79 Å². The Morgan fingerprint density at radius 1 is 1.00 bits per heavy atom. The maximum atomic E-state index is 12.5. The highest BCUT2D eigenvalue weighted by Crippen LogP contribution is 2.38. The minimum absolute atomic E-state index is 0.120. The molecule has 0 radical (unpaired) electrons. The second-order valence-corrected chi connectivity index (χ2v) is 9.57. The highest BCUT2D eigenvalue weighted by atomic mass is 16.5. The van der Waals surface area contributed by atoms with Gasteiger partial charge >= 0.3 is 0 Å². The van der Waals surface area contributed by atoms with E-state index in [0.29, 0.717) is 6.04 Å². The molecule has 1 amide bonds. The first-order valence-electron chi connectivity index (χ1n) is 12.3. The van der Waals surface area contributed by atoms with Crippen molar-refractivity contribution in [1.29, 1.82) is 0 Å². The molecule has 6 heteroatoms. The van der Waals surface area contributed by atoms with Crippen LogP contribution in [0.15, 0.2) is 18.2 Å². The van der Waals surface area contributed by atoms with Gasteiger partial charge in [0.2, 0.25) is 5.91 Å². The molecule has 172 valence electrons. The first-order valence-corrected chi connectivity index (χ1v) is 12.3. The summed E-state index contributed by atoms with van der Waals surface area (Å²) in [4.78, 5) is 20.1. The summed E-state index contributed by atoms with van der Waals surface area (Å²) in [5, 5.41) is 3.28. The number of carbonyl (C=O) groups excluding carboxylic acids is 1. The number of aryl methyl sites for hydroxylation is 1. The number of benzene rings is 1. The lowest BCUT2D eigenvalue weighted by Crippen LogP contribution is -2.48. The summed E-state index contributed by atoms with van der Waals surface area (Å²) >= 11 is 0. The standard InChI is InChI=1S/C25H40N4O2/c1-4-25(5-2)19-21(26-24(25)30)8-9-27-10-12-28(13-11-27)22-7-6-20(3)18-23(22)29-14-16-31-17-15-29/h6-7,18,21H,4-5,8-17,19H2,1-3H3,(H,26,30). The fourth-order valence-corrected chi connectivity index (χ4v) is 5.50. The zero-order valence-electron chi connectivity index (χ0n) is 19.7. The smallest absolute Gasteiger partial charge is 0.226 e. The molecule has 3 aliphatic rings. The van der Waals surface area contributed by atoms with Crippen molar-refractivity contribution in [1.82, 2.24) is 10.2 Å². The van der Waals surface area contributed by atoms with Crippen LogP contribution in [0.3, 0.4) is 0 Å². The molecule has 1 atom stereocenters. The van der Waals surface area contributed by atoms with Crippen molar-refractivity contribution in [2.45, 2.75) is 52.5 Å². The molecule has 31 heavy (non-hydrogen) atoms. The van der Waals surface area contributed by atoms with Crippen LogP contribution in [0.1, 0.15) is 45.1 Å². The van der Waals surface area contributed by atoms with Crippen molar-refractivity contribution < 1.29 is 9.53 Å². The molecule has 0 spiro atoms. The van der Waals surface area contributed by atoms with E-state index in [-0.39, 0.29) is 11.3 Å². The largest absolute Gasteiger partial charge is 0.378 e. The summed E-state index contributed by atoms with van der Waals surface area (Å²) in [7, 11) is 0.